The first-order valence-corrected chi connectivity index (χ1v) is 9.40. The zero-order chi connectivity index (χ0) is 22.7. The molecule has 0 aliphatic carbocycles. The zero-order valence-electron chi connectivity index (χ0n) is 16.1. The lowest BCUT2D eigenvalue weighted by Gasteiger charge is -2.26. The van der Waals surface area contributed by atoms with Crippen LogP contribution in [0, 0.1) is 5.92 Å². The van der Waals surface area contributed by atoms with Gasteiger partial charge in [-0.1, -0.05) is 13.8 Å². The van der Waals surface area contributed by atoms with E-state index in [0.717, 1.165) is 0 Å². The van der Waals surface area contributed by atoms with E-state index in [-0.39, 0.29) is 12.2 Å². The molecule has 0 saturated heterocycles. The van der Waals surface area contributed by atoms with Crippen LogP contribution in [0.25, 0.3) is 0 Å². The van der Waals surface area contributed by atoms with Gasteiger partial charge in [-0.25, -0.2) is 4.79 Å². The fourth-order valence-corrected chi connectivity index (χ4v) is 2.30. The van der Waals surface area contributed by atoms with Crippen molar-refractivity contribution >= 4 is 42.3 Å². The third-order valence-electron chi connectivity index (χ3n) is 3.86. The molecule has 13 heteroatoms. The smallest absolute Gasteiger partial charge is 0.328 e. The summed E-state index contributed by atoms with van der Waals surface area (Å²) in [6, 6.07) is -5.06. The van der Waals surface area contributed by atoms with E-state index in [9.17, 15) is 24.0 Å². The minimum absolute atomic E-state index is 0.0413. The standard InChI is InChI=1S/C16H28N4O8S/c1-7(2)12(20-13(24)8(17)6-29)15(26)18-9(3-4-11(22)23)14(25)19-10(5-21)16(27)28/h7-10,12,21,29H,3-6,17H2,1-2H3,(H,18,26)(H,19,25)(H,20,24)(H,22,23)(H,27,28). The lowest BCUT2D eigenvalue weighted by atomic mass is 10.0. The Kier molecular flexibility index (Phi) is 11.9. The van der Waals surface area contributed by atoms with E-state index in [2.05, 4.69) is 23.3 Å². The molecule has 4 unspecified atom stereocenters. The van der Waals surface area contributed by atoms with Crippen molar-refractivity contribution in [3.05, 3.63) is 0 Å². The van der Waals surface area contributed by atoms with Gasteiger partial charge in [0.1, 0.15) is 18.1 Å². The van der Waals surface area contributed by atoms with Crippen molar-refractivity contribution in [3.8, 4) is 0 Å². The normalized spacial score (nSPS) is 15.0. The monoisotopic (exact) mass is 436 g/mol. The molecule has 0 rings (SSSR count). The molecule has 0 spiro atoms. The number of aliphatic hydroxyl groups excluding tert-OH is 1. The minimum Gasteiger partial charge on any atom is -0.481 e. The van der Waals surface area contributed by atoms with Gasteiger partial charge in [-0.15, -0.1) is 0 Å². The molecule has 0 aliphatic rings. The Bertz CT molecular complexity index is 616. The van der Waals surface area contributed by atoms with Crippen molar-refractivity contribution in [1.82, 2.24) is 16.0 Å². The van der Waals surface area contributed by atoms with E-state index >= 15 is 0 Å². The predicted octanol–water partition coefficient (Wildman–Crippen LogP) is -2.70. The number of amides is 3. The summed E-state index contributed by atoms with van der Waals surface area (Å²) >= 11 is 3.90. The summed E-state index contributed by atoms with van der Waals surface area (Å²) in [6.07, 6.45) is -0.821. The van der Waals surface area contributed by atoms with Crippen LogP contribution in [-0.2, 0) is 24.0 Å². The number of carboxylic acids is 2. The number of aliphatic carboxylic acids is 2. The number of hydrogen-bond donors (Lipinski definition) is 8. The largest absolute Gasteiger partial charge is 0.481 e. The molecule has 8 N–H and O–H groups in total. The highest BCUT2D eigenvalue weighted by atomic mass is 32.1. The minimum atomic E-state index is -1.62. The molecule has 0 bridgehead atoms. The van der Waals surface area contributed by atoms with E-state index in [1.165, 1.54) is 0 Å². The first-order valence-electron chi connectivity index (χ1n) is 8.77. The third-order valence-corrected chi connectivity index (χ3v) is 4.25. The average molecular weight is 436 g/mol. The van der Waals surface area contributed by atoms with Gasteiger partial charge in [0.25, 0.3) is 0 Å². The molecule has 0 saturated carbocycles. The molecule has 0 aromatic heterocycles. The van der Waals surface area contributed by atoms with Gasteiger partial charge in [0.2, 0.25) is 17.7 Å². The van der Waals surface area contributed by atoms with Gasteiger partial charge in [-0.3, -0.25) is 19.2 Å². The van der Waals surface area contributed by atoms with Gasteiger partial charge in [0.15, 0.2) is 0 Å². The number of nitrogens with two attached hydrogens (primary N) is 1. The molecule has 12 nitrogen and oxygen atoms in total. The molecule has 4 atom stereocenters. The van der Waals surface area contributed by atoms with Crippen LogP contribution in [0.15, 0.2) is 0 Å². The van der Waals surface area contributed by atoms with E-state index < -0.39 is 72.8 Å². The summed E-state index contributed by atoms with van der Waals surface area (Å²) in [5.41, 5.74) is 5.57. The quantitative estimate of drug-likeness (QED) is 0.141. The molecule has 0 radical (unpaired) electrons. The molecule has 0 fully saturated rings. The number of aliphatic hydroxyl groups is 1. The second kappa shape index (κ2) is 13.0. The Labute approximate surface area is 173 Å². The third kappa shape index (κ3) is 9.58. The maximum Gasteiger partial charge on any atom is 0.328 e. The molecule has 29 heavy (non-hydrogen) atoms. The Morgan fingerprint density at radius 3 is 1.90 bits per heavy atom. The summed E-state index contributed by atoms with van der Waals surface area (Å²) in [5, 5.41) is 33.6. The van der Waals surface area contributed by atoms with Gasteiger partial charge in [0, 0.05) is 12.2 Å². The van der Waals surface area contributed by atoms with E-state index in [1.54, 1.807) is 13.8 Å². The van der Waals surface area contributed by atoms with Crippen molar-refractivity contribution in [2.75, 3.05) is 12.4 Å². The molecule has 0 aromatic rings. The summed E-state index contributed by atoms with van der Waals surface area (Å²) in [5.74, 6) is -5.49. The van der Waals surface area contributed by atoms with Crippen LogP contribution in [0.3, 0.4) is 0 Å². The Morgan fingerprint density at radius 1 is 0.931 bits per heavy atom. The maximum atomic E-state index is 12.6. The number of carbonyl (C=O) groups excluding carboxylic acids is 3. The molecule has 0 aliphatic heterocycles. The number of carbonyl (C=O) groups is 5. The second-order valence-corrected chi connectivity index (χ2v) is 6.96. The number of carboxylic acid groups (broad SMARTS) is 2. The molecule has 0 aromatic carbocycles. The molecule has 166 valence electrons. The van der Waals surface area contributed by atoms with Crippen LogP contribution < -0.4 is 21.7 Å². The predicted molar refractivity (Wildman–Crippen MR) is 104 cm³/mol. The fraction of sp³-hybridized carbons (Fsp3) is 0.688. The average Bonchev–Trinajstić information content (AvgIpc) is 2.65. The van der Waals surface area contributed by atoms with Gasteiger partial charge in [-0.05, 0) is 12.3 Å². The maximum absolute atomic E-state index is 12.6. The van der Waals surface area contributed by atoms with Crippen molar-refractivity contribution in [3.63, 3.8) is 0 Å². The number of hydrogen-bond acceptors (Lipinski definition) is 8. The van der Waals surface area contributed by atoms with Crippen LogP contribution >= 0.6 is 12.6 Å². The van der Waals surface area contributed by atoms with Crippen molar-refractivity contribution in [2.45, 2.75) is 50.9 Å². The van der Waals surface area contributed by atoms with E-state index in [0.29, 0.717) is 0 Å². The summed E-state index contributed by atoms with van der Waals surface area (Å²) < 4.78 is 0. The Hall–Kier alpha value is -2.38. The molecule has 0 heterocycles. The van der Waals surface area contributed by atoms with Crippen LogP contribution in [0.1, 0.15) is 26.7 Å². The lowest BCUT2D eigenvalue weighted by molar-refractivity contribution is -0.144. The zero-order valence-corrected chi connectivity index (χ0v) is 17.0. The highest BCUT2D eigenvalue weighted by Gasteiger charge is 2.31. The summed E-state index contributed by atoms with van der Waals surface area (Å²) in [6.45, 7) is 2.37. The van der Waals surface area contributed by atoms with Crippen molar-refractivity contribution in [1.29, 1.82) is 0 Å². The van der Waals surface area contributed by atoms with Gasteiger partial charge < -0.3 is 37.0 Å². The molecule has 3 amide bonds. The first-order chi connectivity index (χ1) is 13.4. The van der Waals surface area contributed by atoms with Gasteiger partial charge in [0.05, 0.1) is 12.6 Å². The van der Waals surface area contributed by atoms with Crippen molar-refractivity contribution in [2.24, 2.45) is 11.7 Å². The van der Waals surface area contributed by atoms with E-state index in [1.807, 2.05) is 5.32 Å². The Balaban J connectivity index is 5.37. The van der Waals surface area contributed by atoms with Gasteiger partial charge in [-0.2, -0.15) is 12.6 Å². The fourth-order valence-electron chi connectivity index (χ4n) is 2.13. The number of rotatable bonds is 13. The van der Waals surface area contributed by atoms with E-state index in [4.69, 9.17) is 21.1 Å². The lowest BCUT2D eigenvalue weighted by Crippen LogP contribution is -2.58. The van der Waals surface area contributed by atoms with Crippen LogP contribution in [0.4, 0.5) is 0 Å². The van der Waals surface area contributed by atoms with Gasteiger partial charge >= 0.3 is 11.9 Å². The number of nitrogens with one attached hydrogen (secondary N) is 3. The first kappa shape index (κ1) is 26.6. The highest BCUT2D eigenvalue weighted by Crippen LogP contribution is 2.06. The topological polar surface area (TPSA) is 208 Å². The van der Waals surface area contributed by atoms with Crippen LogP contribution in [0.2, 0.25) is 0 Å². The SMILES string of the molecule is CC(C)C(NC(=O)C(N)CS)C(=O)NC(CCC(=O)O)C(=O)NC(CO)C(=O)O. The van der Waals surface area contributed by atoms with Crippen molar-refractivity contribution < 1.29 is 39.3 Å². The summed E-state index contributed by atoms with van der Waals surface area (Å²) in [7, 11) is 0. The molecular weight excluding hydrogens is 408 g/mol. The highest BCUT2D eigenvalue weighted by molar-refractivity contribution is 7.80. The summed E-state index contributed by atoms with van der Waals surface area (Å²) in [4.78, 5) is 58.7. The molecular formula is C16H28N4O8S. The number of thiol groups is 1. The van der Waals surface area contributed by atoms with Crippen LogP contribution in [-0.4, -0.2) is 81.5 Å². The second-order valence-electron chi connectivity index (χ2n) is 6.59. The Morgan fingerprint density at radius 2 is 1.48 bits per heavy atom. The van der Waals surface area contributed by atoms with Crippen LogP contribution in [0.5, 0.6) is 0 Å².